The van der Waals surface area contributed by atoms with Crippen molar-refractivity contribution in [3.8, 4) is 0 Å². The van der Waals surface area contributed by atoms with Crippen LogP contribution in [-0.2, 0) is 0 Å². The molecule has 0 aliphatic carbocycles. The molecule has 20 heavy (non-hydrogen) atoms. The molecule has 0 saturated heterocycles. The van der Waals surface area contributed by atoms with Crippen LogP contribution in [-0.4, -0.2) is 16.5 Å². The van der Waals surface area contributed by atoms with Gasteiger partial charge in [0.2, 0.25) is 0 Å². The molecule has 106 valence electrons. The van der Waals surface area contributed by atoms with E-state index in [1.54, 1.807) is 0 Å². The van der Waals surface area contributed by atoms with Crippen LogP contribution in [0.4, 0.5) is 17.3 Å². The number of hydrogen-bond acceptors (Lipinski definition) is 5. The number of hydrazine groups is 1. The van der Waals surface area contributed by atoms with E-state index < -0.39 is 0 Å². The molecule has 3 N–H and O–H groups in total. The van der Waals surface area contributed by atoms with Crippen molar-refractivity contribution >= 4 is 33.3 Å². The molecule has 0 saturated carbocycles. The highest BCUT2D eigenvalue weighted by atomic mass is 79.9. The first-order chi connectivity index (χ1) is 9.77. The minimum absolute atomic E-state index is 0.576. The Morgan fingerprint density at radius 3 is 2.65 bits per heavy atom. The van der Waals surface area contributed by atoms with Crippen LogP contribution < -0.4 is 16.2 Å². The van der Waals surface area contributed by atoms with Gasteiger partial charge in [-0.1, -0.05) is 31.5 Å². The zero-order chi connectivity index (χ0) is 14.4. The fraction of sp³-hybridized carbons (Fsp3) is 0.286. The van der Waals surface area contributed by atoms with Gasteiger partial charge in [0.25, 0.3) is 0 Å². The topological polar surface area (TPSA) is 67.1 Å². The third kappa shape index (κ3) is 3.26. The number of nitrogens with one attached hydrogen (secondary N) is 1. The number of nitrogens with zero attached hydrogens (tertiary/aromatic N) is 3. The Bertz CT molecular complexity index is 547. The first kappa shape index (κ1) is 14.7. The highest BCUT2D eigenvalue weighted by Gasteiger charge is 2.16. The number of hydrogen-bond donors (Lipinski definition) is 2. The summed E-state index contributed by atoms with van der Waals surface area (Å²) in [7, 11) is 0. The second-order valence-corrected chi connectivity index (χ2v) is 5.14. The quantitative estimate of drug-likeness (QED) is 0.625. The summed E-state index contributed by atoms with van der Waals surface area (Å²) in [6.07, 6.45) is 3.71. The Morgan fingerprint density at radius 2 is 2.00 bits per heavy atom. The SMILES string of the molecule is CCCCN(c1ccccc1)c1ncnc(NN)c1Br. The summed E-state index contributed by atoms with van der Waals surface area (Å²) in [5.41, 5.74) is 3.67. The van der Waals surface area contributed by atoms with Gasteiger partial charge in [0.05, 0.1) is 0 Å². The van der Waals surface area contributed by atoms with Crippen molar-refractivity contribution in [2.24, 2.45) is 5.84 Å². The number of nitrogen functional groups attached to an aromatic ring is 1. The number of para-hydroxylation sites is 1. The van der Waals surface area contributed by atoms with Crippen molar-refractivity contribution < 1.29 is 0 Å². The van der Waals surface area contributed by atoms with Crippen LogP contribution in [0, 0.1) is 0 Å². The number of anilines is 3. The van der Waals surface area contributed by atoms with Gasteiger partial charge in [-0.15, -0.1) is 0 Å². The third-order valence-corrected chi connectivity index (χ3v) is 3.70. The summed E-state index contributed by atoms with van der Waals surface area (Å²) < 4.78 is 0.766. The second kappa shape index (κ2) is 7.21. The standard InChI is InChI=1S/C14H18BrN5/c1-2-3-9-20(11-7-5-4-6-8-11)14-12(15)13(19-16)17-10-18-14/h4-8,10H,2-3,9,16H2,1H3,(H,17,18,19). The van der Waals surface area contributed by atoms with Gasteiger partial charge in [-0.05, 0) is 34.5 Å². The predicted molar refractivity (Wildman–Crippen MR) is 85.9 cm³/mol. The van der Waals surface area contributed by atoms with Gasteiger partial charge >= 0.3 is 0 Å². The summed E-state index contributed by atoms with van der Waals surface area (Å²) in [5.74, 6) is 6.86. The molecule has 0 aliphatic rings. The first-order valence-corrected chi connectivity index (χ1v) is 7.37. The zero-order valence-electron chi connectivity index (χ0n) is 11.4. The Balaban J connectivity index is 2.41. The molecule has 0 aliphatic heterocycles. The van der Waals surface area contributed by atoms with Crippen molar-refractivity contribution in [2.45, 2.75) is 19.8 Å². The number of nitrogens with two attached hydrogens (primary N) is 1. The molecule has 0 bridgehead atoms. The molecule has 0 fully saturated rings. The Kier molecular flexibility index (Phi) is 5.31. The van der Waals surface area contributed by atoms with Gasteiger partial charge < -0.3 is 10.3 Å². The number of halogens is 1. The molecule has 0 amide bonds. The highest BCUT2D eigenvalue weighted by molar-refractivity contribution is 9.10. The molecule has 1 aromatic heterocycles. The van der Waals surface area contributed by atoms with Crippen LogP contribution in [0.2, 0.25) is 0 Å². The van der Waals surface area contributed by atoms with Crippen molar-refractivity contribution in [1.82, 2.24) is 9.97 Å². The number of rotatable bonds is 6. The Labute approximate surface area is 127 Å². The van der Waals surface area contributed by atoms with Crippen molar-refractivity contribution in [3.63, 3.8) is 0 Å². The van der Waals surface area contributed by atoms with E-state index in [0.29, 0.717) is 5.82 Å². The summed E-state index contributed by atoms with van der Waals surface area (Å²) in [6.45, 7) is 3.06. The van der Waals surface area contributed by atoms with Gasteiger partial charge in [0.1, 0.15) is 10.8 Å². The Morgan fingerprint density at radius 1 is 1.25 bits per heavy atom. The van der Waals surface area contributed by atoms with Crippen LogP contribution in [0.25, 0.3) is 0 Å². The lowest BCUT2D eigenvalue weighted by molar-refractivity contribution is 0.777. The van der Waals surface area contributed by atoms with E-state index in [0.717, 1.165) is 35.4 Å². The number of benzene rings is 1. The average molecular weight is 336 g/mol. The van der Waals surface area contributed by atoms with Crippen LogP contribution >= 0.6 is 15.9 Å². The maximum atomic E-state index is 5.47. The Hall–Kier alpha value is -1.66. The third-order valence-electron chi connectivity index (χ3n) is 2.97. The molecule has 1 heterocycles. The lowest BCUT2D eigenvalue weighted by Crippen LogP contribution is -2.21. The first-order valence-electron chi connectivity index (χ1n) is 6.57. The van der Waals surface area contributed by atoms with E-state index in [2.05, 4.69) is 55.3 Å². The molecule has 2 rings (SSSR count). The maximum Gasteiger partial charge on any atom is 0.159 e. The van der Waals surface area contributed by atoms with Gasteiger partial charge in [0.15, 0.2) is 11.6 Å². The highest BCUT2D eigenvalue weighted by Crippen LogP contribution is 2.33. The smallest absolute Gasteiger partial charge is 0.159 e. The number of unbranched alkanes of at least 4 members (excludes halogenated alkanes) is 1. The molecular weight excluding hydrogens is 318 g/mol. The molecule has 0 unspecified atom stereocenters. The van der Waals surface area contributed by atoms with E-state index in [9.17, 15) is 0 Å². The van der Waals surface area contributed by atoms with E-state index in [1.165, 1.54) is 6.33 Å². The van der Waals surface area contributed by atoms with Crippen LogP contribution in [0.1, 0.15) is 19.8 Å². The van der Waals surface area contributed by atoms with Gasteiger partial charge in [-0.2, -0.15) is 0 Å². The minimum Gasteiger partial charge on any atom is -0.325 e. The minimum atomic E-state index is 0.576. The summed E-state index contributed by atoms with van der Waals surface area (Å²) in [5, 5.41) is 0. The molecule has 0 radical (unpaired) electrons. The molecule has 0 atom stereocenters. The fourth-order valence-corrected chi connectivity index (χ4v) is 2.46. The zero-order valence-corrected chi connectivity index (χ0v) is 13.0. The lowest BCUT2D eigenvalue weighted by Gasteiger charge is -2.25. The molecule has 6 heteroatoms. The van der Waals surface area contributed by atoms with E-state index >= 15 is 0 Å². The molecule has 2 aromatic rings. The summed E-state index contributed by atoms with van der Waals surface area (Å²) in [6, 6.07) is 10.2. The number of aromatic nitrogens is 2. The lowest BCUT2D eigenvalue weighted by atomic mass is 10.2. The van der Waals surface area contributed by atoms with Crippen molar-refractivity contribution in [1.29, 1.82) is 0 Å². The van der Waals surface area contributed by atoms with Crippen LogP contribution in [0.5, 0.6) is 0 Å². The fourth-order valence-electron chi connectivity index (χ4n) is 1.93. The molecule has 1 aromatic carbocycles. The van der Waals surface area contributed by atoms with Gasteiger partial charge in [-0.3, -0.25) is 0 Å². The predicted octanol–water partition coefficient (Wildman–Crippen LogP) is 3.46. The van der Waals surface area contributed by atoms with E-state index in [4.69, 9.17) is 5.84 Å². The maximum absolute atomic E-state index is 5.47. The molecular formula is C14H18BrN5. The van der Waals surface area contributed by atoms with Crippen molar-refractivity contribution in [3.05, 3.63) is 41.1 Å². The normalized spacial score (nSPS) is 10.3. The van der Waals surface area contributed by atoms with Crippen LogP contribution in [0.3, 0.4) is 0 Å². The molecule has 5 nitrogen and oxygen atoms in total. The second-order valence-electron chi connectivity index (χ2n) is 4.34. The van der Waals surface area contributed by atoms with Crippen LogP contribution in [0.15, 0.2) is 41.1 Å². The monoisotopic (exact) mass is 335 g/mol. The largest absolute Gasteiger partial charge is 0.325 e. The summed E-state index contributed by atoms with van der Waals surface area (Å²) in [4.78, 5) is 10.6. The van der Waals surface area contributed by atoms with Gasteiger partial charge in [0, 0.05) is 12.2 Å². The van der Waals surface area contributed by atoms with Gasteiger partial charge in [-0.25, -0.2) is 15.8 Å². The average Bonchev–Trinajstić information content (AvgIpc) is 2.50. The molecule has 0 spiro atoms. The van der Waals surface area contributed by atoms with E-state index in [1.807, 2.05) is 18.2 Å². The summed E-state index contributed by atoms with van der Waals surface area (Å²) >= 11 is 3.52. The van der Waals surface area contributed by atoms with Crippen molar-refractivity contribution in [2.75, 3.05) is 16.9 Å². The van der Waals surface area contributed by atoms with E-state index in [-0.39, 0.29) is 0 Å².